The lowest BCUT2D eigenvalue weighted by atomic mass is 10.1. The van der Waals surface area contributed by atoms with Gasteiger partial charge in [0.05, 0.1) is 5.52 Å². The van der Waals surface area contributed by atoms with E-state index in [-0.39, 0.29) is 5.91 Å². The first-order chi connectivity index (χ1) is 14.1. The average Bonchev–Trinajstić information content (AvgIpc) is 3.20. The van der Waals surface area contributed by atoms with E-state index in [0.717, 1.165) is 51.4 Å². The van der Waals surface area contributed by atoms with Crippen LogP contribution in [0.15, 0.2) is 59.0 Å². The number of carbonyl (C=O) groups is 1. The van der Waals surface area contributed by atoms with Gasteiger partial charge in [-0.15, -0.1) is 0 Å². The molecule has 2 aromatic carbocycles. The van der Waals surface area contributed by atoms with Crippen LogP contribution in [0.2, 0.25) is 5.02 Å². The highest BCUT2D eigenvalue weighted by molar-refractivity contribution is 6.30. The smallest absolute Gasteiger partial charge is 0.289 e. The number of hydrogen-bond donors (Lipinski definition) is 0. The molecule has 1 amide bonds. The van der Waals surface area contributed by atoms with Gasteiger partial charge in [-0.05, 0) is 43.3 Å². The minimum absolute atomic E-state index is 0.0737. The van der Waals surface area contributed by atoms with E-state index in [1.54, 1.807) is 0 Å². The highest BCUT2D eigenvalue weighted by atomic mass is 35.5. The number of furan rings is 1. The molecule has 3 heterocycles. The molecule has 5 rings (SSSR count). The van der Waals surface area contributed by atoms with Gasteiger partial charge in [-0.25, -0.2) is 0 Å². The number of benzene rings is 2. The van der Waals surface area contributed by atoms with Crippen LogP contribution in [0.25, 0.3) is 21.9 Å². The van der Waals surface area contributed by atoms with Crippen molar-refractivity contribution in [2.45, 2.75) is 6.92 Å². The number of pyridine rings is 1. The number of aryl methyl sites for hydroxylation is 1. The van der Waals surface area contributed by atoms with Crippen molar-refractivity contribution in [1.29, 1.82) is 0 Å². The van der Waals surface area contributed by atoms with E-state index in [1.807, 2.05) is 66.4 Å². The summed E-state index contributed by atoms with van der Waals surface area (Å²) in [6.07, 6.45) is 0. The van der Waals surface area contributed by atoms with Crippen LogP contribution < -0.4 is 4.90 Å². The fourth-order valence-electron chi connectivity index (χ4n) is 3.97. The summed E-state index contributed by atoms with van der Waals surface area (Å²) in [5, 5.41) is 2.54. The number of halogens is 1. The molecule has 1 aliphatic rings. The topological polar surface area (TPSA) is 49.6 Å². The SMILES string of the molecule is Cc1nc2ccccc2c2oc(C(=O)N3CCN(c4cccc(Cl)c4)CC3)cc12. The van der Waals surface area contributed by atoms with Gasteiger partial charge in [0.15, 0.2) is 5.76 Å². The largest absolute Gasteiger partial charge is 0.450 e. The maximum absolute atomic E-state index is 13.1. The zero-order chi connectivity index (χ0) is 20.0. The number of piperazine rings is 1. The molecule has 0 spiro atoms. The molecule has 0 N–H and O–H groups in total. The van der Waals surface area contributed by atoms with Gasteiger partial charge < -0.3 is 14.2 Å². The van der Waals surface area contributed by atoms with Gasteiger partial charge in [-0.3, -0.25) is 9.78 Å². The zero-order valence-corrected chi connectivity index (χ0v) is 16.8. The number of aromatic nitrogens is 1. The van der Waals surface area contributed by atoms with Crippen molar-refractivity contribution in [3.05, 3.63) is 71.1 Å². The average molecular weight is 406 g/mol. The third-order valence-electron chi connectivity index (χ3n) is 5.51. The molecule has 0 radical (unpaired) electrons. The van der Waals surface area contributed by atoms with Gasteiger partial charge in [-0.2, -0.15) is 0 Å². The van der Waals surface area contributed by atoms with Crippen LogP contribution in [0, 0.1) is 6.92 Å². The molecule has 1 saturated heterocycles. The van der Waals surface area contributed by atoms with Gasteiger partial charge in [0.2, 0.25) is 0 Å². The fraction of sp³-hybridized carbons (Fsp3) is 0.217. The molecule has 2 aromatic heterocycles. The number of hydrogen-bond acceptors (Lipinski definition) is 4. The number of carbonyl (C=O) groups excluding carboxylic acids is 1. The summed E-state index contributed by atoms with van der Waals surface area (Å²) in [5.41, 5.74) is 3.56. The maximum atomic E-state index is 13.1. The Bertz CT molecular complexity index is 1230. The maximum Gasteiger partial charge on any atom is 0.289 e. The van der Waals surface area contributed by atoms with E-state index in [2.05, 4.69) is 9.88 Å². The van der Waals surface area contributed by atoms with Crippen LogP contribution in [0.1, 0.15) is 16.2 Å². The van der Waals surface area contributed by atoms with E-state index >= 15 is 0 Å². The Balaban J connectivity index is 1.39. The molecular weight excluding hydrogens is 386 g/mol. The summed E-state index contributed by atoms with van der Waals surface area (Å²) >= 11 is 6.11. The highest BCUT2D eigenvalue weighted by Gasteiger charge is 2.25. The summed E-state index contributed by atoms with van der Waals surface area (Å²) in [5.74, 6) is 0.299. The Morgan fingerprint density at radius 2 is 1.79 bits per heavy atom. The van der Waals surface area contributed by atoms with Gasteiger partial charge in [-0.1, -0.05) is 29.8 Å². The minimum atomic E-state index is -0.0737. The van der Waals surface area contributed by atoms with E-state index in [0.29, 0.717) is 18.8 Å². The molecule has 6 heteroatoms. The predicted molar refractivity (Wildman–Crippen MR) is 116 cm³/mol. The second kappa shape index (κ2) is 7.08. The van der Waals surface area contributed by atoms with Gasteiger partial charge in [0, 0.05) is 53.4 Å². The van der Waals surface area contributed by atoms with Crippen molar-refractivity contribution < 1.29 is 9.21 Å². The molecule has 1 fully saturated rings. The number of amides is 1. The normalized spacial score (nSPS) is 14.7. The Hall–Kier alpha value is -3.05. The molecule has 29 heavy (non-hydrogen) atoms. The Kier molecular flexibility index (Phi) is 4.40. The predicted octanol–water partition coefficient (Wildman–Crippen LogP) is 4.91. The molecule has 0 aliphatic carbocycles. The van der Waals surface area contributed by atoms with E-state index in [4.69, 9.17) is 16.0 Å². The third kappa shape index (κ3) is 3.21. The van der Waals surface area contributed by atoms with Crippen LogP contribution >= 0.6 is 11.6 Å². The van der Waals surface area contributed by atoms with Crippen LogP contribution in [0.5, 0.6) is 0 Å². The van der Waals surface area contributed by atoms with E-state index in [1.165, 1.54) is 0 Å². The third-order valence-corrected chi connectivity index (χ3v) is 5.74. The van der Waals surface area contributed by atoms with Crippen molar-refractivity contribution in [3.8, 4) is 0 Å². The monoisotopic (exact) mass is 405 g/mol. The van der Waals surface area contributed by atoms with Gasteiger partial charge >= 0.3 is 0 Å². The minimum Gasteiger partial charge on any atom is -0.450 e. The number of fused-ring (bicyclic) bond motifs is 3. The van der Waals surface area contributed by atoms with Crippen molar-refractivity contribution in [2.24, 2.45) is 0 Å². The molecule has 0 saturated carbocycles. The number of para-hydroxylation sites is 1. The highest BCUT2D eigenvalue weighted by Crippen LogP contribution is 2.30. The molecule has 0 bridgehead atoms. The molecule has 1 aliphatic heterocycles. The molecule has 146 valence electrons. The zero-order valence-electron chi connectivity index (χ0n) is 16.1. The molecule has 0 unspecified atom stereocenters. The lowest BCUT2D eigenvalue weighted by Gasteiger charge is -2.35. The standard InChI is InChI=1S/C23H20ClN3O2/c1-15-19-14-21(29-22(19)18-7-2-3-8-20(18)25-15)23(28)27-11-9-26(10-12-27)17-6-4-5-16(24)13-17/h2-8,13-14H,9-12H2,1H3. The quantitative estimate of drug-likeness (QED) is 0.475. The number of nitrogens with zero attached hydrogens (tertiary/aromatic N) is 3. The number of rotatable bonds is 2. The summed E-state index contributed by atoms with van der Waals surface area (Å²) in [4.78, 5) is 21.8. The summed E-state index contributed by atoms with van der Waals surface area (Å²) in [6, 6.07) is 17.5. The number of anilines is 1. The van der Waals surface area contributed by atoms with Crippen molar-refractivity contribution >= 4 is 45.1 Å². The van der Waals surface area contributed by atoms with Crippen molar-refractivity contribution in [1.82, 2.24) is 9.88 Å². The van der Waals surface area contributed by atoms with E-state index in [9.17, 15) is 4.79 Å². The Labute approximate surface area is 173 Å². The Morgan fingerprint density at radius 3 is 2.59 bits per heavy atom. The first kappa shape index (κ1) is 18.0. The van der Waals surface area contributed by atoms with Gasteiger partial charge in [0.25, 0.3) is 5.91 Å². The molecule has 0 atom stereocenters. The van der Waals surface area contributed by atoms with Crippen molar-refractivity contribution in [2.75, 3.05) is 31.1 Å². The van der Waals surface area contributed by atoms with Crippen LogP contribution in [-0.2, 0) is 0 Å². The second-order valence-electron chi connectivity index (χ2n) is 7.33. The lowest BCUT2D eigenvalue weighted by Crippen LogP contribution is -2.48. The fourth-order valence-corrected chi connectivity index (χ4v) is 4.15. The Morgan fingerprint density at radius 1 is 1.00 bits per heavy atom. The molecule has 4 aromatic rings. The van der Waals surface area contributed by atoms with Crippen molar-refractivity contribution in [3.63, 3.8) is 0 Å². The summed E-state index contributed by atoms with van der Waals surface area (Å²) < 4.78 is 6.04. The van der Waals surface area contributed by atoms with E-state index < -0.39 is 0 Å². The summed E-state index contributed by atoms with van der Waals surface area (Å²) in [7, 11) is 0. The molecular formula is C23H20ClN3O2. The molecule has 5 nitrogen and oxygen atoms in total. The van der Waals surface area contributed by atoms with Crippen LogP contribution in [-0.4, -0.2) is 42.0 Å². The van der Waals surface area contributed by atoms with Gasteiger partial charge in [0.1, 0.15) is 5.58 Å². The second-order valence-corrected chi connectivity index (χ2v) is 7.76. The first-order valence-electron chi connectivity index (χ1n) is 9.69. The first-order valence-corrected chi connectivity index (χ1v) is 10.1. The summed E-state index contributed by atoms with van der Waals surface area (Å²) in [6.45, 7) is 4.74. The van der Waals surface area contributed by atoms with Crippen LogP contribution in [0.3, 0.4) is 0 Å². The lowest BCUT2D eigenvalue weighted by molar-refractivity contribution is 0.0717. The van der Waals surface area contributed by atoms with Crippen LogP contribution in [0.4, 0.5) is 5.69 Å².